The van der Waals surface area contributed by atoms with E-state index in [1.807, 2.05) is 0 Å². The number of hydrogen-bond donors (Lipinski definition) is 1. The fraction of sp³-hybridized carbons (Fsp3) is 0.556. The number of hydrogen-bond acceptors (Lipinski definition) is 8. The van der Waals surface area contributed by atoms with Crippen LogP contribution in [-0.4, -0.2) is 77.1 Å². The molecule has 0 aliphatic carbocycles. The molecule has 27 heavy (non-hydrogen) atoms. The third-order valence-electron chi connectivity index (χ3n) is 4.01. The molecular formula is C18H26N2O7. The van der Waals surface area contributed by atoms with Gasteiger partial charge in [0.2, 0.25) is 5.75 Å². The van der Waals surface area contributed by atoms with Gasteiger partial charge in [0, 0.05) is 19.6 Å². The van der Waals surface area contributed by atoms with Crippen molar-refractivity contribution in [1.29, 1.82) is 0 Å². The molecule has 1 amide bonds. The SMILES string of the molecule is COc1cc(C(=O)OCCCN2CCOCC2)cc(OC)c1OCC(N)=O. The molecule has 1 aliphatic rings. The molecule has 9 heteroatoms. The Morgan fingerprint density at radius 3 is 2.33 bits per heavy atom. The van der Waals surface area contributed by atoms with Crippen LogP contribution in [0.15, 0.2) is 12.1 Å². The van der Waals surface area contributed by atoms with Crippen LogP contribution >= 0.6 is 0 Å². The molecule has 150 valence electrons. The van der Waals surface area contributed by atoms with Gasteiger partial charge in [0.15, 0.2) is 18.1 Å². The van der Waals surface area contributed by atoms with Crippen molar-refractivity contribution in [3.8, 4) is 17.2 Å². The number of methoxy groups -OCH3 is 2. The Hall–Kier alpha value is -2.52. The first-order valence-corrected chi connectivity index (χ1v) is 8.69. The third-order valence-corrected chi connectivity index (χ3v) is 4.01. The van der Waals surface area contributed by atoms with Crippen molar-refractivity contribution in [1.82, 2.24) is 4.90 Å². The number of nitrogens with zero attached hydrogens (tertiary/aromatic N) is 1. The van der Waals surface area contributed by atoms with Gasteiger partial charge in [0.1, 0.15) is 0 Å². The molecule has 9 nitrogen and oxygen atoms in total. The van der Waals surface area contributed by atoms with E-state index < -0.39 is 11.9 Å². The first-order chi connectivity index (χ1) is 13.0. The fourth-order valence-electron chi connectivity index (χ4n) is 2.64. The van der Waals surface area contributed by atoms with Crippen LogP contribution in [0.25, 0.3) is 0 Å². The van der Waals surface area contributed by atoms with Crippen molar-refractivity contribution in [2.24, 2.45) is 5.73 Å². The van der Waals surface area contributed by atoms with Crippen molar-refractivity contribution in [3.05, 3.63) is 17.7 Å². The number of primary amides is 1. The lowest BCUT2D eigenvalue weighted by Gasteiger charge is -2.26. The number of amides is 1. The van der Waals surface area contributed by atoms with Gasteiger partial charge in [-0.15, -0.1) is 0 Å². The van der Waals surface area contributed by atoms with Gasteiger partial charge in [0.25, 0.3) is 5.91 Å². The van der Waals surface area contributed by atoms with E-state index in [1.54, 1.807) is 0 Å². The number of morpholine rings is 1. The Kier molecular flexibility index (Phi) is 8.15. The second-order valence-corrected chi connectivity index (χ2v) is 5.91. The van der Waals surface area contributed by atoms with Crippen LogP contribution in [0.4, 0.5) is 0 Å². The van der Waals surface area contributed by atoms with Crippen LogP contribution in [0.5, 0.6) is 17.2 Å². The summed E-state index contributed by atoms with van der Waals surface area (Å²) in [5.74, 6) is -0.438. The summed E-state index contributed by atoms with van der Waals surface area (Å²) in [7, 11) is 2.84. The Labute approximate surface area is 158 Å². The molecule has 0 unspecified atom stereocenters. The van der Waals surface area contributed by atoms with Gasteiger partial charge < -0.3 is 29.4 Å². The smallest absolute Gasteiger partial charge is 0.338 e. The van der Waals surface area contributed by atoms with Crippen LogP contribution in [0, 0.1) is 0 Å². The molecule has 2 N–H and O–H groups in total. The predicted octanol–water partition coefficient (Wildman–Crippen LogP) is 0.447. The molecular weight excluding hydrogens is 356 g/mol. The van der Waals surface area contributed by atoms with E-state index in [9.17, 15) is 9.59 Å². The summed E-state index contributed by atoms with van der Waals surface area (Å²) in [5, 5.41) is 0. The number of ether oxygens (including phenoxy) is 5. The second-order valence-electron chi connectivity index (χ2n) is 5.91. The summed E-state index contributed by atoms with van der Waals surface area (Å²) in [6.07, 6.45) is 0.736. The Bertz CT molecular complexity index is 620. The molecule has 1 aliphatic heterocycles. The van der Waals surface area contributed by atoms with E-state index in [0.29, 0.717) is 6.61 Å². The van der Waals surface area contributed by atoms with Gasteiger partial charge in [-0.3, -0.25) is 9.69 Å². The number of esters is 1. The highest BCUT2D eigenvalue weighted by Gasteiger charge is 2.19. The summed E-state index contributed by atoms with van der Waals surface area (Å²) >= 11 is 0. The summed E-state index contributed by atoms with van der Waals surface area (Å²) in [6, 6.07) is 2.95. The Morgan fingerprint density at radius 2 is 1.78 bits per heavy atom. The molecule has 0 bridgehead atoms. The number of rotatable bonds is 10. The molecule has 1 saturated heterocycles. The van der Waals surface area contributed by atoms with Crippen molar-refractivity contribution < 1.29 is 33.3 Å². The van der Waals surface area contributed by atoms with E-state index in [0.717, 1.165) is 39.3 Å². The van der Waals surface area contributed by atoms with Crippen LogP contribution in [0.1, 0.15) is 16.8 Å². The summed E-state index contributed by atoms with van der Waals surface area (Å²) in [4.78, 5) is 25.5. The van der Waals surface area contributed by atoms with E-state index in [-0.39, 0.29) is 29.4 Å². The Balaban J connectivity index is 1.95. The van der Waals surface area contributed by atoms with Crippen LogP contribution in [0.2, 0.25) is 0 Å². The zero-order valence-corrected chi connectivity index (χ0v) is 15.7. The largest absolute Gasteiger partial charge is 0.493 e. The van der Waals surface area contributed by atoms with Gasteiger partial charge in [-0.05, 0) is 18.6 Å². The van der Waals surface area contributed by atoms with Gasteiger partial charge in [0.05, 0.1) is 39.6 Å². The Morgan fingerprint density at radius 1 is 1.15 bits per heavy atom. The molecule has 0 spiro atoms. The van der Waals surface area contributed by atoms with E-state index in [4.69, 9.17) is 29.4 Å². The van der Waals surface area contributed by atoms with E-state index in [1.165, 1.54) is 26.4 Å². The number of benzene rings is 1. The fourth-order valence-corrected chi connectivity index (χ4v) is 2.64. The normalized spacial score (nSPS) is 14.4. The van der Waals surface area contributed by atoms with Gasteiger partial charge in [-0.1, -0.05) is 0 Å². The lowest BCUT2D eigenvalue weighted by molar-refractivity contribution is -0.120. The monoisotopic (exact) mass is 382 g/mol. The highest BCUT2D eigenvalue weighted by atomic mass is 16.5. The molecule has 1 aromatic rings. The zero-order chi connectivity index (χ0) is 19.6. The van der Waals surface area contributed by atoms with Crippen LogP contribution in [-0.2, 0) is 14.3 Å². The first-order valence-electron chi connectivity index (χ1n) is 8.69. The second kappa shape index (κ2) is 10.6. The zero-order valence-electron chi connectivity index (χ0n) is 15.7. The highest BCUT2D eigenvalue weighted by Crippen LogP contribution is 2.38. The molecule has 0 aromatic heterocycles. The summed E-state index contributed by atoms with van der Waals surface area (Å²) in [5.41, 5.74) is 5.36. The maximum Gasteiger partial charge on any atom is 0.338 e. The maximum atomic E-state index is 12.3. The summed E-state index contributed by atoms with van der Waals surface area (Å²) in [6.45, 7) is 4.10. The average Bonchev–Trinajstić information content (AvgIpc) is 2.69. The lowest BCUT2D eigenvalue weighted by Crippen LogP contribution is -2.37. The van der Waals surface area contributed by atoms with E-state index in [2.05, 4.69) is 4.90 Å². The van der Waals surface area contributed by atoms with Crippen LogP contribution < -0.4 is 19.9 Å². The average molecular weight is 382 g/mol. The van der Waals surface area contributed by atoms with E-state index >= 15 is 0 Å². The van der Waals surface area contributed by atoms with Crippen molar-refractivity contribution >= 4 is 11.9 Å². The van der Waals surface area contributed by atoms with Crippen molar-refractivity contribution in [2.75, 3.05) is 60.3 Å². The van der Waals surface area contributed by atoms with Crippen molar-refractivity contribution in [2.45, 2.75) is 6.42 Å². The molecule has 1 fully saturated rings. The standard InChI is InChI=1S/C18H26N2O7/c1-23-14-10-13(11-15(24-2)17(14)27-12-16(19)21)18(22)26-7-3-4-20-5-8-25-9-6-20/h10-11H,3-9,12H2,1-2H3,(H2,19,21). The minimum atomic E-state index is -0.636. The molecule has 2 rings (SSSR count). The molecule has 0 saturated carbocycles. The quantitative estimate of drug-likeness (QED) is 0.459. The molecule has 0 radical (unpaired) electrons. The number of nitrogens with two attached hydrogens (primary N) is 1. The van der Waals surface area contributed by atoms with Gasteiger partial charge >= 0.3 is 5.97 Å². The minimum absolute atomic E-state index is 0.197. The predicted molar refractivity (Wildman–Crippen MR) is 96.4 cm³/mol. The number of carbonyl (C=O) groups excluding carboxylic acids is 2. The van der Waals surface area contributed by atoms with Gasteiger partial charge in [-0.25, -0.2) is 4.79 Å². The summed E-state index contributed by atoms with van der Waals surface area (Å²) < 4.78 is 26.4. The van der Waals surface area contributed by atoms with Gasteiger partial charge in [-0.2, -0.15) is 0 Å². The third kappa shape index (κ3) is 6.30. The first kappa shape index (κ1) is 20.8. The topological polar surface area (TPSA) is 110 Å². The maximum absolute atomic E-state index is 12.3. The minimum Gasteiger partial charge on any atom is -0.493 e. The molecule has 1 aromatic carbocycles. The number of carbonyl (C=O) groups is 2. The lowest BCUT2D eigenvalue weighted by atomic mass is 10.2. The molecule has 1 heterocycles. The molecule has 0 atom stereocenters. The van der Waals surface area contributed by atoms with Crippen LogP contribution in [0.3, 0.4) is 0 Å². The highest BCUT2D eigenvalue weighted by molar-refractivity contribution is 5.91. The van der Waals surface area contributed by atoms with Crippen molar-refractivity contribution in [3.63, 3.8) is 0 Å².